The van der Waals surface area contributed by atoms with Crippen LogP contribution in [-0.4, -0.2) is 46.3 Å². The fourth-order valence-corrected chi connectivity index (χ4v) is 5.71. The van der Waals surface area contributed by atoms with E-state index in [4.69, 9.17) is 9.97 Å². The highest BCUT2D eigenvalue weighted by Gasteiger charge is 2.35. The first-order valence-corrected chi connectivity index (χ1v) is 12.5. The molecular formula is C25H36N4O2. The van der Waals surface area contributed by atoms with E-state index in [-0.39, 0.29) is 11.8 Å². The SMILES string of the molecule is Cc1nc(C2CCCN(C(=O)CC3CCCCC3)C2)nc2c1CCC(=O)N2CC1CC1. The van der Waals surface area contributed by atoms with E-state index in [2.05, 4.69) is 11.8 Å². The molecule has 6 nitrogen and oxygen atoms in total. The van der Waals surface area contributed by atoms with Crippen LogP contribution in [0, 0.1) is 18.8 Å². The molecule has 0 spiro atoms. The molecule has 1 saturated heterocycles. The van der Waals surface area contributed by atoms with Crippen LogP contribution in [0.2, 0.25) is 0 Å². The van der Waals surface area contributed by atoms with Crippen molar-refractivity contribution in [3.63, 3.8) is 0 Å². The Balaban J connectivity index is 1.32. The maximum absolute atomic E-state index is 13.0. The summed E-state index contributed by atoms with van der Waals surface area (Å²) < 4.78 is 0. The quantitative estimate of drug-likeness (QED) is 0.712. The molecule has 0 radical (unpaired) electrons. The number of piperidine rings is 1. The number of anilines is 1. The van der Waals surface area contributed by atoms with E-state index in [1.54, 1.807) is 0 Å². The first-order valence-electron chi connectivity index (χ1n) is 12.5. The average Bonchev–Trinajstić information content (AvgIpc) is 3.61. The van der Waals surface area contributed by atoms with E-state index in [9.17, 15) is 9.59 Å². The van der Waals surface area contributed by atoms with Gasteiger partial charge in [-0.2, -0.15) is 0 Å². The fraction of sp³-hybridized carbons (Fsp3) is 0.760. The molecule has 4 aliphatic rings. The zero-order valence-electron chi connectivity index (χ0n) is 18.9. The molecule has 6 heteroatoms. The molecule has 0 aromatic carbocycles. The number of aromatic nitrogens is 2. The maximum Gasteiger partial charge on any atom is 0.228 e. The number of nitrogens with zero attached hydrogens (tertiary/aromatic N) is 4. The molecule has 1 aromatic rings. The molecule has 2 amide bonds. The molecule has 2 aliphatic carbocycles. The molecule has 168 valence electrons. The summed E-state index contributed by atoms with van der Waals surface area (Å²) in [5.41, 5.74) is 2.16. The van der Waals surface area contributed by atoms with Gasteiger partial charge in [0.25, 0.3) is 0 Å². The Hall–Kier alpha value is -1.98. The molecule has 31 heavy (non-hydrogen) atoms. The molecular weight excluding hydrogens is 388 g/mol. The zero-order chi connectivity index (χ0) is 21.4. The summed E-state index contributed by atoms with van der Waals surface area (Å²) >= 11 is 0. The zero-order valence-corrected chi connectivity index (χ0v) is 18.9. The van der Waals surface area contributed by atoms with Crippen molar-refractivity contribution in [1.29, 1.82) is 0 Å². The predicted octanol–water partition coefficient (Wildman–Crippen LogP) is 4.15. The maximum atomic E-state index is 13.0. The second kappa shape index (κ2) is 8.87. The van der Waals surface area contributed by atoms with Crippen LogP contribution in [0.3, 0.4) is 0 Å². The Kier molecular flexibility index (Phi) is 5.98. The van der Waals surface area contributed by atoms with Crippen LogP contribution < -0.4 is 4.90 Å². The van der Waals surface area contributed by atoms with Crippen LogP contribution in [0.4, 0.5) is 5.82 Å². The minimum absolute atomic E-state index is 0.174. The average molecular weight is 425 g/mol. The third kappa shape index (κ3) is 4.63. The smallest absolute Gasteiger partial charge is 0.228 e. The Morgan fingerprint density at radius 3 is 2.55 bits per heavy atom. The highest BCUT2D eigenvalue weighted by molar-refractivity contribution is 5.95. The molecule has 0 bridgehead atoms. The molecule has 0 N–H and O–H groups in total. The van der Waals surface area contributed by atoms with Crippen molar-refractivity contribution in [3.8, 4) is 0 Å². The molecule has 3 fully saturated rings. The summed E-state index contributed by atoms with van der Waals surface area (Å²) in [5.74, 6) is 3.60. The van der Waals surface area contributed by atoms with Crippen LogP contribution in [-0.2, 0) is 16.0 Å². The van der Waals surface area contributed by atoms with E-state index < -0.39 is 0 Å². The Morgan fingerprint density at radius 2 is 1.77 bits per heavy atom. The van der Waals surface area contributed by atoms with Gasteiger partial charge in [-0.25, -0.2) is 9.97 Å². The monoisotopic (exact) mass is 424 g/mol. The van der Waals surface area contributed by atoms with Crippen molar-refractivity contribution in [2.24, 2.45) is 11.8 Å². The largest absolute Gasteiger partial charge is 0.342 e. The van der Waals surface area contributed by atoms with E-state index in [1.165, 1.54) is 44.9 Å². The number of aryl methyl sites for hydroxylation is 1. The van der Waals surface area contributed by atoms with Gasteiger partial charge in [0, 0.05) is 49.7 Å². The van der Waals surface area contributed by atoms with Gasteiger partial charge in [-0.1, -0.05) is 19.3 Å². The number of carbonyl (C=O) groups is 2. The number of hydrogen-bond acceptors (Lipinski definition) is 4. The standard InChI is InChI=1S/C25H36N4O2/c1-17-21-11-12-22(30)29(15-19-9-10-19)25(21)27-24(26-17)20-8-5-13-28(16-20)23(31)14-18-6-3-2-4-7-18/h18-20H,2-16H2,1H3. The Bertz CT molecular complexity index is 844. The number of rotatable bonds is 5. The lowest BCUT2D eigenvalue weighted by atomic mass is 9.86. The molecule has 1 unspecified atom stereocenters. The van der Waals surface area contributed by atoms with Gasteiger partial charge in [-0.05, 0) is 63.7 Å². The minimum atomic E-state index is 0.174. The molecule has 2 aliphatic heterocycles. The Labute approximate surface area is 185 Å². The minimum Gasteiger partial charge on any atom is -0.342 e. The number of hydrogen-bond donors (Lipinski definition) is 0. The molecule has 2 saturated carbocycles. The van der Waals surface area contributed by atoms with Gasteiger partial charge in [0.1, 0.15) is 11.6 Å². The van der Waals surface area contributed by atoms with Crippen molar-refractivity contribution in [2.45, 2.75) is 89.9 Å². The van der Waals surface area contributed by atoms with Gasteiger partial charge in [0.05, 0.1) is 0 Å². The van der Waals surface area contributed by atoms with Crippen LogP contribution in [0.5, 0.6) is 0 Å². The van der Waals surface area contributed by atoms with Crippen LogP contribution >= 0.6 is 0 Å². The number of likely N-dealkylation sites (tertiary alicyclic amines) is 1. The predicted molar refractivity (Wildman–Crippen MR) is 120 cm³/mol. The second-order valence-corrected chi connectivity index (χ2v) is 10.3. The van der Waals surface area contributed by atoms with Gasteiger partial charge in [0.15, 0.2) is 0 Å². The van der Waals surface area contributed by atoms with Crippen molar-refractivity contribution in [1.82, 2.24) is 14.9 Å². The van der Waals surface area contributed by atoms with Crippen LogP contribution in [0.1, 0.15) is 93.6 Å². The second-order valence-electron chi connectivity index (χ2n) is 10.3. The van der Waals surface area contributed by atoms with Crippen LogP contribution in [0.15, 0.2) is 0 Å². The summed E-state index contributed by atoms with van der Waals surface area (Å²) in [6.07, 6.45) is 12.8. The molecule has 3 heterocycles. The molecule has 5 rings (SSSR count). The van der Waals surface area contributed by atoms with Gasteiger partial charge >= 0.3 is 0 Å². The number of amides is 2. The third-order valence-electron chi connectivity index (χ3n) is 7.82. The lowest BCUT2D eigenvalue weighted by Crippen LogP contribution is -2.41. The van der Waals surface area contributed by atoms with Gasteiger partial charge < -0.3 is 4.90 Å². The summed E-state index contributed by atoms with van der Waals surface area (Å²) in [6.45, 7) is 4.45. The lowest BCUT2D eigenvalue weighted by Gasteiger charge is -2.35. The fourth-order valence-electron chi connectivity index (χ4n) is 5.71. The van der Waals surface area contributed by atoms with E-state index in [0.717, 1.165) is 61.8 Å². The molecule has 1 atom stereocenters. The van der Waals surface area contributed by atoms with E-state index in [0.29, 0.717) is 30.6 Å². The lowest BCUT2D eigenvalue weighted by molar-refractivity contribution is -0.133. The Morgan fingerprint density at radius 1 is 0.968 bits per heavy atom. The first kappa shape index (κ1) is 20.9. The molecule has 1 aromatic heterocycles. The van der Waals surface area contributed by atoms with Crippen molar-refractivity contribution >= 4 is 17.6 Å². The highest BCUT2D eigenvalue weighted by atomic mass is 16.2. The van der Waals surface area contributed by atoms with Crippen molar-refractivity contribution in [3.05, 3.63) is 17.1 Å². The van der Waals surface area contributed by atoms with Gasteiger partial charge in [-0.3, -0.25) is 14.5 Å². The van der Waals surface area contributed by atoms with E-state index in [1.807, 2.05) is 4.90 Å². The van der Waals surface area contributed by atoms with E-state index >= 15 is 0 Å². The third-order valence-corrected chi connectivity index (χ3v) is 7.82. The van der Waals surface area contributed by atoms with Gasteiger partial charge in [-0.15, -0.1) is 0 Å². The van der Waals surface area contributed by atoms with Crippen molar-refractivity contribution in [2.75, 3.05) is 24.5 Å². The van der Waals surface area contributed by atoms with Crippen molar-refractivity contribution < 1.29 is 9.59 Å². The summed E-state index contributed by atoms with van der Waals surface area (Å²) in [6, 6.07) is 0. The summed E-state index contributed by atoms with van der Waals surface area (Å²) in [7, 11) is 0. The topological polar surface area (TPSA) is 66.4 Å². The normalized spacial score (nSPS) is 24.9. The first-order chi connectivity index (χ1) is 15.1. The summed E-state index contributed by atoms with van der Waals surface area (Å²) in [5, 5.41) is 0. The van der Waals surface area contributed by atoms with Crippen LogP contribution in [0.25, 0.3) is 0 Å². The summed E-state index contributed by atoms with van der Waals surface area (Å²) in [4.78, 5) is 39.5. The highest BCUT2D eigenvalue weighted by Crippen LogP contribution is 2.36. The number of carbonyl (C=O) groups excluding carboxylic acids is 2. The van der Waals surface area contributed by atoms with Gasteiger partial charge in [0.2, 0.25) is 11.8 Å². The number of fused-ring (bicyclic) bond motifs is 1.